The van der Waals surface area contributed by atoms with Crippen LogP contribution in [0.4, 0.5) is 0 Å². The number of hydrogen-bond acceptors (Lipinski definition) is 2. The van der Waals surface area contributed by atoms with Gasteiger partial charge in [-0.2, -0.15) is 0 Å². The zero-order valence-corrected chi connectivity index (χ0v) is 7.49. The summed E-state index contributed by atoms with van der Waals surface area (Å²) < 4.78 is 0. The number of carbonyl (C=O) groups excluding carboxylic acids is 1. The molecule has 0 bridgehead atoms. The Hall–Kier alpha value is -1.38. The summed E-state index contributed by atoms with van der Waals surface area (Å²) in [7, 11) is 0. The normalized spacial score (nSPS) is 15.8. The van der Waals surface area contributed by atoms with Gasteiger partial charge in [-0.05, 0) is 20.8 Å². The van der Waals surface area contributed by atoms with Gasteiger partial charge in [0.25, 0.3) is 0 Å². The van der Waals surface area contributed by atoms with Crippen LogP contribution in [0.15, 0.2) is 22.9 Å². The molecule has 0 aliphatic carbocycles. The van der Waals surface area contributed by atoms with E-state index in [9.17, 15) is 4.79 Å². The van der Waals surface area contributed by atoms with Crippen molar-refractivity contribution in [1.82, 2.24) is 5.32 Å². The summed E-state index contributed by atoms with van der Waals surface area (Å²) in [6.45, 7) is 5.30. The first-order valence-corrected chi connectivity index (χ1v) is 3.78. The molecule has 1 rings (SSSR count). The van der Waals surface area contributed by atoms with Crippen LogP contribution in [0.2, 0.25) is 0 Å². The lowest BCUT2D eigenvalue weighted by molar-refractivity contribution is -0.113. The minimum atomic E-state index is 0.000880. The van der Waals surface area contributed by atoms with E-state index in [1.807, 2.05) is 13.8 Å². The Bertz CT molecular complexity index is 306. The minimum absolute atomic E-state index is 0.000880. The van der Waals surface area contributed by atoms with Gasteiger partial charge < -0.3 is 5.32 Å². The second-order valence-electron chi connectivity index (χ2n) is 3.01. The first kappa shape index (κ1) is 8.71. The third kappa shape index (κ3) is 1.30. The monoisotopic (exact) mass is 164 g/mol. The molecular formula is C9H12N2O. The lowest BCUT2D eigenvalue weighted by Gasteiger charge is -2.02. The molecule has 0 saturated carbocycles. The molecule has 0 radical (unpaired) electrons. The lowest BCUT2D eigenvalue weighted by Crippen LogP contribution is -2.12. The van der Waals surface area contributed by atoms with Crippen molar-refractivity contribution >= 4 is 11.6 Å². The van der Waals surface area contributed by atoms with Crippen LogP contribution in [0.1, 0.15) is 20.8 Å². The van der Waals surface area contributed by atoms with Crippen molar-refractivity contribution in [2.24, 2.45) is 0 Å². The van der Waals surface area contributed by atoms with Crippen LogP contribution >= 0.6 is 0 Å². The van der Waals surface area contributed by atoms with Gasteiger partial charge in [0.15, 0.2) is 5.78 Å². The Morgan fingerprint density at radius 1 is 1.42 bits per heavy atom. The van der Waals surface area contributed by atoms with Crippen LogP contribution in [-0.2, 0) is 4.79 Å². The van der Waals surface area contributed by atoms with Crippen molar-refractivity contribution in [2.75, 3.05) is 0 Å². The molecule has 0 spiro atoms. The van der Waals surface area contributed by atoms with Crippen molar-refractivity contribution in [3.8, 4) is 0 Å². The summed E-state index contributed by atoms with van der Waals surface area (Å²) in [5, 5.41) is 10.2. The summed E-state index contributed by atoms with van der Waals surface area (Å²) in [5.41, 5.74) is 2.34. The molecule has 0 atom stereocenters. The predicted molar refractivity (Wildman–Crippen MR) is 48.0 cm³/mol. The van der Waals surface area contributed by atoms with E-state index in [4.69, 9.17) is 5.41 Å². The van der Waals surface area contributed by atoms with Gasteiger partial charge >= 0.3 is 0 Å². The Kier molecular flexibility index (Phi) is 2.13. The number of amidine groups is 1. The molecule has 0 unspecified atom stereocenters. The topological polar surface area (TPSA) is 53.0 Å². The molecular weight excluding hydrogens is 152 g/mol. The van der Waals surface area contributed by atoms with Crippen LogP contribution in [0, 0.1) is 5.41 Å². The molecule has 3 heteroatoms. The van der Waals surface area contributed by atoms with E-state index >= 15 is 0 Å². The average molecular weight is 164 g/mol. The van der Waals surface area contributed by atoms with Crippen LogP contribution in [0.25, 0.3) is 0 Å². The highest BCUT2D eigenvalue weighted by Crippen LogP contribution is 2.19. The fourth-order valence-corrected chi connectivity index (χ4v) is 1.22. The van der Waals surface area contributed by atoms with E-state index in [-0.39, 0.29) is 5.78 Å². The van der Waals surface area contributed by atoms with E-state index < -0.39 is 0 Å². The second-order valence-corrected chi connectivity index (χ2v) is 3.01. The largest absolute Gasteiger partial charge is 0.346 e. The second kappa shape index (κ2) is 2.93. The Morgan fingerprint density at radius 2 is 2.00 bits per heavy atom. The molecule has 0 fully saturated rings. The maximum absolute atomic E-state index is 11.1. The lowest BCUT2D eigenvalue weighted by atomic mass is 10.0. The first-order chi connectivity index (χ1) is 5.54. The Labute approximate surface area is 71.7 Å². The smallest absolute Gasteiger partial charge is 0.162 e. The summed E-state index contributed by atoms with van der Waals surface area (Å²) in [6.07, 6.45) is 1.59. The van der Waals surface area contributed by atoms with Crippen LogP contribution in [0.3, 0.4) is 0 Å². The van der Waals surface area contributed by atoms with Gasteiger partial charge in [-0.15, -0.1) is 0 Å². The van der Waals surface area contributed by atoms with Gasteiger partial charge in [-0.25, -0.2) is 0 Å². The summed E-state index contributed by atoms with van der Waals surface area (Å²) in [6, 6.07) is 0. The molecule has 0 aromatic heterocycles. The van der Waals surface area contributed by atoms with E-state index in [1.54, 1.807) is 6.20 Å². The number of Topliss-reactive ketones (excluding diaryl/α,β-unsaturated/α-hetero) is 1. The number of ketones is 1. The fourth-order valence-electron chi connectivity index (χ4n) is 1.22. The molecule has 0 saturated heterocycles. The maximum atomic E-state index is 11.1. The van der Waals surface area contributed by atoms with E-state index in [0.717, 1.165) is 11.1 Å². The van der Waals surface area contributed by atoms with Gasteiger partial charge in [0.2, 0.25) is 0 Å². The Morgan fingerprint density at radius 3 is 2.33 bits per heavy atom. The average Bonchev–Trinajstić information content (AvgIpc) is 2.30. The summed E-state index contributed by atoms with van der Waals surface area (Å²) in [5.74, 6) is 0.321. The first-order valence-electron chi connectivity index (χ1n) is 3.78. The predicted octanol–water partition coefficient (Wildman–Crippen LogP) is 1.38. The standard InChI is InChI=1S/C9H12N2O/c1-5(2)8-7(6(3)12)4-11-9(8)10/h4H,1-3H3,(H2,10,11). The third-order valence-electron chi connectivity index (χ3n) is 1.76. The molecule has 1 heterocycles. The van der Waals surface area contributed by atoms with Crippen LogP contribution in [-0.4, -0.2) is 11.6 Å². The van der Waals surface area contributed by atoms with Gasteiger partial charge in [-0.3, -0.25) is 10.2 Å². The fraction of sp³-hybridized carbons (Fsp3) is 0.333. The van der Waals surface area contributed by atoms with Crippen LogP contribution in [0.5, 0.6) is 0 Å². The summed E-state index contributed by atoms with van der Waals surface area (Å²) in [4.78, 5) is 11.1. The summed E-state index contributed by atoms with van der Waals surface area (Å²) >= 11 is 0. The molecule has 1 aliphatic heterocycles. The van der Waals surface area contributed by atoms with Crippen LogP contribution < -0.4 is 5.32 Å². The highest BCUT2D eigenvalue weighted by atomic mass is 16.1. The van der Waals surface area contributed by atoms with Gasteiger partial charge in [-0.1, -0.05) is 5.57 Å². The molecule has 64 valence electrons. The Balaban J connectivity index is 3.14. The minimum Gasteiger partial charge on any atom is -0.346 e. The molecule has 3 nitrogen and oxygen atoms in total. The molecule has 12 heavy (non-hydrogen) atoms. The van der Waals surface area contributed by atoms with Crippen molar-refractivity contribution in [3.05, 3.63) is 22.9 Å². The number of hydrogen-bond donors (Lipinski definition) is 2. The molecule has 2 N–H and O–H groups in total. The maximum Gasteiger partial charge on any atom is 0.162 e. The molecule has 1 aliphatic rings. The van der Waals surface area contributed by atoms with Crippen molar-refractivity contribution in [3.63, 3.8) is 0 Å². The number of allylic oxidation sites excluding steroid dienone is 1. The highest BCUT2D eigenvalue weighted by molar-refractivity contribution is 6.15. The zero-order valence-electron chi connectivity index (χ0n) is 7.49. The van der Waals surface area contributed by atoms with Crippen molar-refractivity contribution in [2.45, 2.75) is 20.8 Å². The highest BCUT2D eigenvalue weighted by Gasteiger charge is 2.21. The molecule has 0 aromatic carbocycles. The molecule has 0 aromatic rings. The number of rotatable bonds is 1. The van der Waals surface area contributed by atoms with E-state index in [0.29, 0.717) is 11.4 Å². The number of carbonyl (C=O) groups is 1. The van der Waals surface area contributed by atoms with Gasteiger partial charge in [0, 0.05) is 17.3 Å². The quantitative estimate of drug-likeness (QED) is 0.615. The molecule has 0 amide bonds. The van der Waals surface area contributed by atoms with E-state index in [1.165, 1.54) is 6.92 Å². The van der Waals surface area contributed by atoms with Gasteiger partial charge in [0.05, 0.1) is 0 Å². The third-order valence-corrected chi connectivity index (χ3v) is 1.76. The van der Waals surface area contributed by atoms with E-state index in [2.05, 4.69) is 5.32 Å². The number of nitrogens with one attached hydrogen (secondary N) is 2. The van der Waals surface area contributed by atoms with Crippen molar-refractivity contribution < 1.29 is 4.79 Å². The van der Waals surface area contributed by atoms with Gasteiger partial charge in [0.1, 0.15) is 5.84 Å². The SMILES string of the molecule is CC(=O)C1=CNC(=N)C1=C(C)C. The van der Waals surface area contributed by atoms with Crippen molar-refractivity contribution in [1.29, 1.82) is 5.41 Å². The zero-order chi connectivity index (χ0) is 9.30.